The Labute approximate surface area is 140 Å². The first-order chi connectivity index (χ1) is 11.4. The zero-order chi connectivity index (χ0) is 17.2. The van der Waals surface area contributed by atoms with Crippen LogP contribution >= 0.6 is 0 Å². The van der Waals surface area contributed by atoms with Crippen LogP contribution in [0.3, 0.4) is 0 Å². The number of likely N-dealkylation sites (tertiary alicyclic amines) is 1. The second-order valence-corrected chi connectivity index (χ2v) is 7.06. The number of nitrogens with zero attached hydrogens (tertiary/aromatic N) is 5. The first-order valence-electron chi connectivity index (χ1n) is 8.05. The van der Waals surface area contributed by atoms with Gasteiger partial charge in [0.1, 0.15) is 6.33 Å². The SMILES string of the molecule is CC(C)(C)c1ccc(OCC2CCN(C(=O)c3ncn[nH]3)C2)nn1. The lowest BCUT2D eigenvalue weighted by molar-refractivity contribution is 0.0771. The molecule has 8 heteroatoms. The second-order valence-electron chi connectivity index (χ2n) is 7.06. The number of H-pyrrole nitrogens is 1. The quantitative estimate of drug-likeness (QED) is 0.911. The van der Waals surface area contributed by atoms with Gasteiger partial charge in [0.2, 0.25) is 11.7 Å². The van der Waals surface area contributed by atoms with E-state index in [1.165, 1.54) is 6.33 Å². The van der Waals surface area contributed by atoms with Crippen molar-refractivity contribution in [2.24, 2.45) is 5.92 Å². The van der Waals surface area contributed by atoms with Crippen LogP contribution in [-0.4, -0.2) is 55.9 Å². The molecule has 24 heavy (non-hydrogen) atoms. The van der Waals surface area contributed by atoms with Crippen molar-refractivity contribution < 1.29 is 9.53 Å². The molecule has 8 nitrogen and oxygen atoms in total. The Kier molecular flexibility index (Phi) is 4.46. The summed E-state index contributed by atoms with van der Waals surface area (Å²) in [5, 5.41) is 14.7. The average Bonchev–Trinajstić information content (AvgIpc) is 3.23. The van der Waals surface area contributed by atoms with Crippen LogP contribution in [0.15, 0.2) is 18.5 Å². The van der Waals surface area contributed by atoms with Crippen molar-refractivity contribution in [3.05, 3.63) is 30.0 Å². The molecule has 1 saturated heterocycles. The molecule has 3 heterocycles. The van der Waals surface area contributed by atoms with Crippen molar-refractivity contribution in [2.75, 3.05) is 19.7 Å². The molecule has 0 spiro atoms. The van der Waals surface area contributed by atoms with Gasteiger partial charge in [-0.15, -0.1) is 5.10 Å². The van der Waals surface area contributed by atoms with Gasteiger partial charge in [0.15, 0.2) is 0 Å². The lowest BCUT2D eigenvalue weighted by atomic mass is 9.92. The van der Waals surface area contributed by atoms with Gasteiger partial charge in [0.05, 0.1) is 12.3 Å². The summed E-state index contributed by atoms with van der Waals surface area (Å²) in [6.45, 7) is 8.14. The maximum atomic E-state index is 12.2. The molecule has 1 aliphatic rings. The molecular formula is C16H22N6O2. The van der Waals surface area contributed by atoms with Crippen LogP contribution in [-0.2, 0) is 5.41 Å². The summed E-state index contributed by atoms with van der Waals surface area (Å²) in [5.41, 5.74) is 0.901. The van der Waals surface area contributed by atoms with Crippen LogP contribution in [0.2, 0.25) is 0 Å². The van der Waals surface area contributed by atoms with E-state index in [1.807, 2.05) is 12.1 Å². The predicted molar refractivity (Wildman–Crippen MR) is 86.6 cm³/mol. The maximum Gasteiger partial charge on any atom is 0.291 e. The number of aromatic nitrogens is 5. The fraction of sp³-hybridized carbons (Fsp3) is 0.562. The highest BCUT2D eigenvalue weighted by Crippen LogP contribution is 2.22. The van der Waals surface area contributed by atoms with Crippen molar-refractivity contribution in [1.82, 2.24) is 30.3 Å². The minimum atomic E-state index is -0.121. The van der Waals surface area contributed by atoms with Gasteiger partial charge >= 0.3 is 0 Å². The van der Waals surface area contributed by atoms with E-state index in [2.05, 4.69) is 46.1 Å². The van der Waals surface area contributed by atoms with Crippen molar-refractivity contribution in [3.8, 4) is 5.88 Å². The first kappa shape index (κ1) is 16.4. The van der Waals surface area contributed by atoms with Gasteiger partial charge < -0.3 is 9.64 Å². The summed E-state index contributed by atoms with van der Waals surface area (Å²) < 4.78 is 5.73. The third-order valence-electron chi connectivity index (χ3n) is 4.07. The normalized spacial score (nSPS) is 18.0. The number of carbonyl (C=O) groups excluding carboxylic acids is 1. The summed E-state index contributed by atoms with van der Waals surface area (Å²) in [7, 11) is 0. The third kappa shape index (κ3) is 3.69. The van der Waals surface area contributed by atoms with Gasteiger partial charge in [-0.25, -0.2) is 4.98 Å². The smallest absolute Gasteiger partial charge is 0.291 e. The molecule has 2 aromatic rings. The molecule has 128 valence electrons. The first-order valence-corrected chi connectivity index (χ1v) is 8.05. The van der Waals surface area contributed by atoms with Crippen LogP contribution in [0.1, 0.15) is 43.5 Å². The Morgan fingerprint density at radius 2 is 2.21 bits per heavy atom. The number of amides is 1. The fourth-order valence-corrected chi connectivity index (χ4v) is 2.61. The zero-order valence-corrected chi connectivity index (χ0v) is 14.2. The zero-order valence-electron chi connectivity index (χ0n) is 14.2. The average molecular weight is 330 g/mol. The van der Waals surface area contributed by atoms with E-state index < -0.39 is 0 Å². The van der Waals surface area contributed by atoms with Gasteiger partial charge in [-0.1, -0.05) is 20.8 Å². The molecule has 0 radical (unpaired) electrons. The van der Waals surface area contributed by atoms with Gasteiger partial charge in [-0.05, 0) is 12.5 Å². The second kappa shape index (κ2) is 6.54. The standard InChI is InChI=1S/C16H22N6O2/c1-16(2,3)12-4-5-13(20-19-12)24-9-11-6-7-22(8-11)15(23)14-17-10-18-21-14/h4-5,10-11H,6-9H2,1-3H3,(H,17,18,21). The highest BCUT2D eigenvalue weighted by molar-refractivity contribution is 5.90. The lowest BCUT2D eigenvalue weighted by Crippen LogP contribution is -2.30. The van der Waals surface area contributed by atoms with Gasteiger partial charge in [-0.3, -0.25) is 9.89 Å². The topological polar surface area (TPSA) is 96.9 Å². The molecule has 1 aliphatic heterocycles. The van der Waals surface area contributed by atoms with Crippen molar-refractivity contribution in [3.63, 3.8) is 0 Å². The van der Waals surface area contributed by atoms with Crippen LogP contribution in [0.5, 0.6) is 5.88 Å². The number of nitrogens with one attached hydrogen (secondary N) is 1. The molecule has 3 rings (SSSR count). The number of hydrogen-bond donors (Lipinski definition) is 1. The molecule has 0 aliphatic carbocycles. The number of ether oxygens (including phenoxy) is 1. The maximum absolute atomic E-state index is 12.2. The number of rotatable bonds is 4. The van der Waals surface area contributed by atoms with Crippen molar-refractivity contribution in [2.45, 2.75) is 32.6 Å². The van der Waals surface area contributed by atoms with Crippen molar-refractivity contribution >= 4 is 5.91 Å². The highest BCUT2D eigenvalue weighted by Gasteiger charge is 2.28. The Balaban J connectivity index is 1.50. The molecule has 2 aromatic heterocycles. The van der Waals surface area contributed by atoms with E-state index >= 15 is 0 Å². The van der Waals surface area contributed by atoms with Crippen LogP contribution in [0, 0.1) is 5.92 Å². The molecule has 1 unspecified atom stereocenters. The summed E-state index contributed by atoms with van der Waals surface area (Å²) in [6, 6.07) is 3.79. The number of carbonyl (C=O) groups is 1. The summed E-state index contributed by atoms with van der Waals surface area (Å²) in [6.07, 6.45) is 2.23. The largest absolute Gasteiger partial charge is 0.476 e. The van der Waals surface area contributed by atoms with Crippen LogP contribution in [0.25, 0.3) is 0 Å². The predicted octanol–water partition coefficient (Wildman–Crippen LogP) is 1.43. The van der Waals surface area contributed by atoms with E-state index in [4.69, 9.17) is 4.74 Å². The molecule has 1 N–H and O–H groups in total. The van der Waals surface area contributed by atoms with Gasteiger partial charge in [-0.2, -0.15) is 10.2 Å². The Morgan fingerprint density at radius 1 is 1.38 bits per heavy atom. The Morgan fingerprint density at radius 3 is 2.83 bits per heavy atom. The lowest BCUT2D eigenvalue weighted by Gasteiger charge is -2.17. The minimum Gasteiger partial charge on any atom is -0.476 e. The minimum absolute atomic E-state index is 0.0292. The number of aromatic amines is 1. The molecule has 1 amide bonds. The molecule has 1 fully saturated rings. The van der Waals surface area contributed by atoms with Gasteiger partial charge in [0, 0.05) is 30.5 Å². The van der Waals surface area contributed by atoms with E-state index in [1.54, 1.807) is 4.90 Å². The Bertz CT molecular complexity index is 678. The van der Waals surface area contributed by atoms with Gasteiger partial charge in [0.25, 0.3) is 5.91 Å². The van der Waals surface area contributed by atoms with Crippen LogP contribution in [0.4, 0.5) is 0 Å². The van der Waals surface area contributed by atoms with Crippen molar-refractivity contribution in [1.29, 1.82) is 0 Å². The summed E-state index contributed by atoms with van der Waals surface area (Å²) >= 11 is 0. The molecule has 0 saturated carbocycles. The fourth-order valence-electron chi connectivity index (χ4n) is 2.61. The van der Waals surface area contributed by atoms with E-state index in [9.17, 15) is 4.79 Å². The molecular weight excluding hydrogens is 308 g/mol. The highest BCUT2D eigenvalue weighted by atomic mass is 16.5. The van der Waals surface area contributed by atoms with E-state index in [-0.39, 0.29) is 23.1 Å². The summed E-state index contributed by atoms with van der Waals surface area (Å²) in [5.74, 6) is 0.952. The number of hydrogen-bond acceptors (Lipinski definition) is 6. The van der Waals surface area contributed by atoms with E-state index in [0.29, 0.717) is 25.6 Å². The summed E-state index contributed by atoms with van der Waals surface area (Å²) in [4.78, 5) is 17.9. The third-order valence-corrected chi connectivity index (χ3v) is 4.07. The monoisotopic (exact) mass is 330 g/mol. The molecule has 0 bridgehead atoms. The van der Waals surface area contributed by atoms with E-state index in [0.717, 1.165) is 12.1 Å². The van der Waals surface area contributed by atoms with Crippen LogP contribution < -0.4 is 4.74 Å². The molecule has 0 aromatic carbocycles. The molecule has 1 atom stereocenters. The Hall–Kier alpha value is -2.51.